The summed E-state index contributed by atoms with van der Waals surface area (Å²) in [6.45, 7) is 0. The number of hydrogen-bond donors (Lipinski definition) is 0. The van der Waals surface area contributed by atoms with E-state index in [4.69, 9.17) is 0 Å². The molecule has 1 aromatic carbocycles. The maximum absolute atomic E-state index is 12.6. The minimum atomic E-state index is -1.05. The first-order valence-electron chi connectivity index (χ1n) is 4.63. The highest BCUT2D eigenvalue weighted by Crippen LogP contribution is 2.43. The quantitative estimate of drug-likeness (QED) is 0.702. The van der Waals surface area contributed by atoms with Crippen molar-refractivity contribution in [3.63, 3.8) is 0 Å². The van der Waals surface area contributed by atoms with Crippen molar-refractivity contribution >= 4 is 5.97 Å². The Bertz CT molecular complexity index is 352. The first-order chi connectivity index (χ1) is 6.65. The van der Waals surface area contributed by atoms with Gasteiger partial charge >= 0.3 is 0 Å². The van der Waals surface area contributed by atoms with Crippen molar-refractivity contribution in [1.82, 2.24) is 0 Å². The molecule has 2 nitrogen and oxygen atoms in total. The Kier molecular flexibility index (Phi) is 2.02. The summed E-state index contributed by atoms with van der Waals surface area (Å²) in [5.41, 5.74) is -0.196. The van der Waals surface area contributed by atoms with Crippen molar-refractivity contribution in [2.45, 2.75) is 24.7 Å². The van der Waals surface area contributed by atoms with Crippen LogP contribution in [-0.4, -0.2) is 5.97 Å². The summed E-state index contributed by atoms with van der Waals surface area (Å²) in [6, 6.07) is 5.64. The lowest BCUT2D eigenvalue weighted by Gasteiger charge is -2.43. The molecule has 1 saturated carbocycles. The number of carbonyl (C=O) groups is 1. The summed E-state index contributed by atoms with van der Waals surface area (Å²) >= 11 is 0. The lowest BCUT2D eigenvalue weighted by molar-refractivity contribution is -0.317. The second-order valence-corrected chi connectivity index (χ2v) is 3.73. The molecule has 0 amide bonds. The van der Waals surface area contributed by atoms with Gasteiger partial charge in [0.15, 0.2) is 0 Å². The van der Waals surface area contributed by atoms with Crippen molar-refractivity contribution < 1.29 is 14.3 Å². The van der Waals surface area contributed by atoms with Gasteiger partial charge < -0.3 is 9.90 Å². The fourth-order valence-electron chi connectivity index (χ4n) is 1.91. The summed E-state index contributed by atoms with van der Waals surface area (Å²) in [7, 11) is 0. The molecule has 0 radical (unpaired) electrons. The smallest absolute Gasteiger partial charge is 0.123 e. The monoisotopic (exact) mass is 193 g/mol. The van der Waals surface area contributed by atoms with Gasteiger partial charge in [0.25, 0.3) is 0 Å². The van der Waals surface area contributed by atoms with E-state index < -0.39 is 11.4 Å². The predicted molar refractivity (Wildman–Crippen MR) is 46.9 cm³/mol. The molecule has 0 aliphatic heterocycles. The number of carboxylic acid groups (broad SMARTS) is 1. The third kappa shape index (κ3) is 1.20. The Morgan fingerprint density at radius 2 is 1.86 bits per heavy atom. The van der Waals surface area contributed by atoms with E-state index >= 15 is 0 Å². The normalized spacial score (nSPS) is 18.6. The SMILES string of the molecule is O=C([O-])C1(c2ccc(F)cc2)CCC1. The van der Waals surface area contributed by atoms with Gasteiger partial charge in [0.05, 0.1) is 5.97 Å². The number of carbonyl (C=O) groups excluding carboxylic acids is 1. The highest BCUT2D eigenvalue weighted by atomic mass is 19.1. The third-order valence-corrected chi connectivity index (χ3v) is 2.99. The number of benzene rings is 1. The molecule has 1 aromatic rings. The van der Waals surface area contributed by atoms with Gasteiger partial charge in [-0.1, -0.05) is 18.6 Å². The standard InChI is InChI=1S/C11H11FO2/c12-9-4-2-8(3-5-9)11(10(13)14)6-1-7-11/h2-5H,1,6-7H2,(H,13,14)/p-1. The number of halogens is 1. The van der Waals surface area contributed by atoms with Crippen molar-refractivity contribution in [3.8, 4) is 0 Å². The Morgan fingerprint density at radius 3 is 2.21 bits per heavy atom. The fraction of sp³-hybridized carbons (Fsp3) is 0.364. The zero-order chi connectivity index (χ0) is 10.2. The molecule has 1 aliphatic rings. The average molecular weight is 193 g/mol. The van der Waals surface area contributed by atoms with Crippen molar-refractivity contribution in [3.05, 3.63) is 35.6 Å². The molecule has 2 rings (SSSR count). The molecule has 0 atom stereocenters. The van der Waals surface area contributed by atoms with Gasteiger partial charge in [0.1, 0.15) is 5.82 Å². The van der Waals surface area contributed by atoms with Crippen LogP contribution in [0.15, 0.2) is 24.3 Å². The van der Waals surface area contributed by atoms with E-state index in [1.807, 2.05) is 0 Å². The fourth-order valence-corrected chi connectivity index (χ4v) is 1.91. The second-order valence-electron chi connectivity index (χ2n) is 3.73. The molecule has 3 heteroatoms. The molecule has 0 unspecified atom stereocenters. The molecule has 0 aromatic heterocycles. The Balaban J connectivity index is 2.37. The van der Waals surface area contributed by atoms with Crippen LogP contribution in [0.3, 0.4) is 0 Å². The second kappa shape index (κ2) is 3.08. The Morgan fingerprint density at radius 1 is 1.29 bits per heavy atom. The van der Waals surface area contributed by atoms with E-state index in [1.165, 1.54) is 24.3 Å². The summed E-state index contributed by atoms with van der Waals surface area (Å²) in [5, 5.41) is 11.0. The van der Waals surface area contributed by atoms with Crippen molar-refractivity contribution in [1.29, 1.82) is 0 Å². The topological polar surface area (TPSA) is 40.1 Å². The Hall–Kier alpha value is -1.38. The first-order valence-corrected chi connectivity index (χ1v) is 4.63. The van der Waals surface area contributed by atoms with Gasteiger partial charge in [-0.2, -0.15) is 0 Å². The van der Waals surface area contributed by atoms with Crippen LogP contribution in [0.4, 0.5) is 4.39 Å². The maximum Gasteiger partial charge on any atom is 0.123 e. The van der Waals surface area contributed by atoms with Crippen LogP contribution in [0.5, 0.6) is 0 Å². The van der Waals surface area contributed by atoms with E-state index in [9.17, 15) is 14.3 Å². The van der Waals surface area contributed by atoms with Crippen LogP contribution < -0.4 is 5.11 Å². The average Bonchev–Trinajstić information content (AvgIpc) is 2.05. The van der Waals surface area contributed by atoms with Crippen LogP contribution >= 0.6 is 0 Å². The molecule has 0 spiro atoms. The van der Waals surface area contributed by atoms with Crippen LogP contribution in [0, 0.1) is 5.82 Å². The first kappa shape index (κ1) is 9.19. The van der Waals surface area contributed by atoms with Gasteiger partial charge in [-0.05, 0) is 30.5 Å². The van der Waals surface area contributed by atoms with E-state index in [2.05, 4.69) is 0 Å². The number of aliphatic carboxylic acids is 1. The molecule has 0 saturated heterocycles. The summed E-state index contributed by atoms with van der Waals surface area (Å²) < 4.78 is 12.6. The maximum atomic E-state index is 12.6. The van der Waals surface area contributed by atoms with Gasteiger partial charge in [0, 0.05) is 5.41 Å². The lowest BCUT2D eigenvalue weighted by Crippen LogP contribution is -2.50. The third-order valence-electron chi connectivity index (χ3n) is 2.99. The predicted octanol–water partition coefficient (Wildman–Crippen LogP) is 0.997. The Labute approximate surface area is 81.4 Å². The van der Waals surface area contributed by atoms with E-state index in [0.29, 0.717) is 18.4 Å². The summed E-state index contributed by atoms with van der Waals surface area (Å²) in [4.78, 5) is 11.0. The number of rotatable bonds is 2. The van der Waals surface area contributed by atoms with Crippen LogP contribution in [0.2, 0.25) is 0 Å². The molecule has 74 valence electrons. The van der Waals surface area contributed by atoms with E-state index in [-0.39, 0.29) is 5.82 Å². The van der Waals surface area contributed by atoms with E-state index in [1.54, 1.807) is 0 Å². The van der Waals surface area contributed by atoms with Crippen LogP contribution in [0.1, 0.15) is 24.8 Å². The molecular weight excluding hydrogens is 183 g/mol. The molecular formula is C11H10FO2-. The van der Waals surface area contributed by atoms with Gasteiger partial charge in [-0.25, -0.2) is 4.39 Å². The molecule has 14 heavy (non-hydrogen) atoms. The molecule has 0 bridgehead atoms. The highest BCUT2D eigenvalue weighted by Gasteiger charge is 2.39. The zero-order valence-corrected chi connectivity index (χ0v) is 7.63. The van der Waals surface area contributed by atoms with Gasteiger partial charge in [-0.15, -0.1) is 0 Å². The summed E-state index contributed by atoms with van der Waals surface area (Å²) in [6.07, 6.45) is 2.09. The van der Waals surface area contributed by atoms with E-state index in [0.717, 1.165) is 6.42 Å². The molecule has 0 N–H and O–H groups in total. The molecule has 1 fully saturated rings. The van der Waals surface area contributed by atoms with Crippen LogP contribution in [-0.2, 0) is 10.2 Å². The highest BCUT2D eigenvalue weighted by molar-refractivity contribution is 5.80. The largest absolute Gasteiger partial charge is 0.549 e. The zero-order valence-electron chi connectivity index (χ0n) is 7.63. The minimum Gasteiger partial charge on any atom is -0.549 e. The van der Waals surface area contributed by atoms with Crippen molar-refractivity contribution in [2.24, 2.45) is 0 Å². The van der Waals surface area contributed by atoms with Crippen molar-refractivity contribution in [2.75, 3.05) is 0 Å². The molecule has 1 aliphatic carbocycles. The summed E-state index contributed by atoms with van der Waals surface area (Å²) in [5.74, 6) is -1.39. The number of carboxylic acids is 1. The van der Waals surface area contributed by atoms with Crippen LogP contribution in [0.25, 0.3) is 0 Å². The number of hydrogen-bond acceptors (Lipinski definition) is 2. The molecule has 0 heterocycles. The minimum absolute atomic E-state index is 0.346. The lowest BCUT2D eigenvalue weighted by atomic mass is 9.64. The van der Waals surface area contributed by atoms with Gasteiger partial charge in [-0.3, -0.25) is 0 Å². The van der Waals surface area contributed by atoms with Gasteiger partial charge in [0.2, 0.25) is 0 Å².